The molecule has 0 bridgehead atoms. The smallest absolute Gasteiger partial charge is 0.335 e. The third-order valence-electron chi connectivity index (χ3n) is 4.03. The number of benzene rings is 2. The van der Waals surface area contributed by atoms with Crippen molar-refractivity contribution >= 4 is 29.6 Å². The van der Waals surface area contributed by atoms with Crippen LogP contribution in [-0.4, -0.2) is 23.0 Å². The summed E-state index contributed by atoms with van der Waals surface area (Å²) >= 11 is 0. The molecule has 0 aliphatic carbocycles. The summed E-state index contributed by atoms with van der Waals surface area (Å²) in [4.78, 5) is 37.9. The fourth-order valence-electron chi connectivity index (χ4n) is 2.54. The van der Waals surface area contributed by atoms with Crippen LogP contribution in [0.3, 0.4) is 0 Å². The summed E-state index contributed by atoms with van der Waals surface area (Å²) in [5.74, 6) is -1.46. The molecule has 2 aromatic carbocycles. The van der Waals surface area contributed by atoms with Crippen molar-refractivity contribution in [3.8, 4) is 5.75 Å². The van der Waals surface area contributed by atoms with Crippen LogP contribution in [0.5, 0.6) is 5.75 Å². The molecule has 2 aromatic rings. The summed E-state index contributed by atoms with van der Waals surface area (Å²) in [7, 11) is 0. The van der Waals surface area contributed by atoms with Crippen molar-refractivity contribution in [3.05, 3.63) is 64.7 Å². The molecule has 25 heavy (non-hydrogen) atoms. The third kappa shape index (κ3) is 3.14. The Labute approximate surface area is 144 Å². The van der Waals surface area contributed by atoms with Gasteiger partial charge in [-0.25, -0.2) is 9.69 Å². The van der Waals surface area contributed by atoms with Gasteiger partial charge in [-0.3, -0.25) is 14.9 Å². The number of carbonyl (C=O) groups excluding carboxylic acids is 3. The number of hydrogen-bond acceptors (Lipinski definition) is 4. The number of phenolic OH excluding ortho intramolecular Hbond substituents is 1. The number of nitrogens with zero attached hydrogens (tertiary/aromatic N) is 1. The van der Waals surface area contributed by atoms with E-state index in [1.54, 1.807) is 30.3 Å². The van der Waals surface area contributed by atoms with Crippen LogP contribution < -0.4 is 10.2 Å². The third-order valence-corrected chi connectivity index (χ3v) is 4.03. The van der Waals surface area contributed by atoms with Gasteiger partial charge in [0, 0.05) is 0 Å². The van der Waals surface area contributed by atoms with Gasteiger partial charge in [-0.1, -0.05) is 18.2 Å². The lowest BCUT2D eigenvalue weighted by molar-refractivity contribution is -0.122. The number of urea groups is 1. The standard InChI is InChI=1S/C19H16N2O4/c1-11-6-7-14(8-12(11)2)21-18(24)16(17(23)20-19(21)25)10-13-4-3-5-15(22)9-13/h3-10,22H,1-2H3,(H,20,23,25)/b16-10+. The zero-order valence-corrected chi connectivity index (χ0v) is 13.7. The number of nitrogens with one attached hydrogen (secondary N) is 1. The van der Waals surface area contributed by atoms with E-state index in [0.717, 1.165) is 16.0 Å². The van der Waals surface area contributed by atoms with E-state index in [-0.39, 0.29) is 11.3 Å². The summed E-state index contributed by atoms with van der Waals surface area (Å²) in [5, 5.41) is 11.7. The molecule has 126 valence electrons. The largest absolute Gasteiger partial charge is 0.508 e. The molecule has 1 aliphatic rings. The Morgan fingerprint density at radius 1 is 1.00 bits per heavy atom. The molecule has 1 heterocycles. The van der Waals surface area contributed by atoms with Gasteiger partial charge in [0.25, 0.3) is 11.8 Å². The van der Waals surface area contributed by atoms with Crippen LogP contribution in [-0.2, 0) is 9.59 Å². The van der Waals surface area contributed by atoms with Crippen molar-refractivity contribution < 1.29 is 19.5 Å². The maximum atomic E-state index is 12.7. The Morgan fingerprint density at radius 3 is 2.44 bits per heavy atom. The quantitative estimate of drug-likeness (QED) is 0.652. The fourth-order valence-corrected chi connectivity index (χ4v) is 2.54. The SMILES string of the molecule is Cc1ccc(N2C(=O)NC(=O)/C(=C\c3cccc(O)c3)C2=O)cc1C. The highest BCUT2D eigenvalue weighted by atomic mass is 16.3. The zero-order valence-electron chi connectivity index (χ0n) is 13.7. The average Bonchev–Trinajstić information content (AvgIpc) is 2.55. The topological polar surface area (TPSA) is 86.7 Å². The van der Waals surface area contributed by atoms with Crippen molar-refractivity contribution in [1.82, 2.24) is 5.32 Å². The number of phenols is 1. The maximum absolute atomic E-state index is 12.7. The first-order chi connectivity index (χ1) is 11.9. The van der Waals surface area contributed by atoms with E-state index in [4.69, 9.17) is 0 Å². The predicted octanol–water partition coefficient (Wildman–Crippen LogP) is 2.68. The molecular weight excluding hydrogens is 320 g/mol. The Morgan fingerprint density at radius 2 is 1.76 bits per heavy atom. The van der Waals surface area contributed by atoms with Crippen LogP contribution in [0.2, 0.25) is 0 Å². The molecule has 0 aromatic heterocycles. The zero-order chi connectivity index (χ0) is 18.1. The number of barbiturate groups is 1. The first kappa shape index (κ1) is 16.4. The van der Waals surface area contributed by atoms with Gasteiger partial charge in [-0.15, -0.1) is 0 Å². The molecule has 0 atom stereocenters. The summed E-state index contributed by atoms with van der Waals surface area (Å²) in [6.45, 7) is 3.80. The minimum absolute atomic E-state index is 0.0140. The molecular formula is C19H16N2O4. The molecule has 1 fully saturated rings. The van der Waals surface area contributed by atoms with Crippen molar-refractivity contribution in [2.75, 3.05) is 4.90 Å². The van der Waals surface area contributed by atoms with Crippen LogP contribution in [0.25, 0.3) is 6.08 Å². The Balaban J connectivity index is 2.03. The number of aryl methyl sites for hydroxylation is 2. The monoisotopic (exact) mass is 336 g/mol. The highest BCUT2D eigenvalue weighted by Crippen LogP contribution is 2.24. The fraction of sp³-hybridized carbons (Fsp3) is 0.105. The van der Waals surface area contributed by atoms with Gasteiger partial charge in [-0.2, -0.15) is 0 Å². The minimum Gasteiger partial charge on any atom is -0.508 e. The number of anilines is 1. The van der Waals surface area contributed by atoms with Crippen molar-refractivity contribution in [1.29, 1.82) is 0 Å². The van der Waals surface area contributed by atoms with E-state index < -0.39 is 17.8 Å². The molecule has 0 unspecified atom stereocenters. The van der Waals surface area contributed by atoms with E-state index >= 15 is 0 Å². The first-order valence-corrected chi connectivity index (χ1v) is 7.64. The lowest BCUT2D eigenvalue weighted by atomic mass is 10.1. The molecule has 0 spiro atoms. The number of carbonyl (C=O) groups is 3. The van der Waals surface area contributed by atoms with E-state index in [1.165, 1.54) is 18.2 Å². The molecule has 0 radical (unpaired) electrons. The van der Waals surface area contributed by atoms with Gasteiger partial charge >= 0.3 is 6.03 Å². The van der Waals surface area contributed by atoms with Crippen molar-refractivity contribution in [3.63, 3.8) is 0 Å². The summed E-state index contributed by atoms with van der Waals surface area (Å²) in [6.07, 6.45) is 1.35. The second kappa shape index (κ2) is 6.24. The Kier molecular flexibility index (Phi) is 4.10. The van der Waals surface area contributed by atoms with Gasteiger partial charge in [0.05, 0.1) is 5.69 Å². The van der Waals surface area contributed by atoms with Crippen LogP contribution in [0.4, 0.5) is 10.5 Å². The molecule has 6 nitrogen and oxygen atoms in total. The Bertz CT molecular complexity index is 931. The number of aromatic hydroxyl groups is 1. The lowest BCUT2D eigenvalue weighted by Crippen LogP contribution is -2.54. The Hall–Kier alpha value is -3.41. The summed E-state index contributed by atoms with van der Waals surface area (Å²) < 4.78 is 0. The van der Waals surface area contributed by atoms with Crippen LogP contribution in [0.15, 0.2) is 48.0 Å². The molecule has 4 amide bonds. The van der Waals surface area contributed by atoms with Crippen LogP contribution >= 0.6 is 0 Å². The van der Waals surface area contributed by atoms with E-state index in [0.29, 0.717) is 11.3 Å². The second-order valence-corrected chi connectivity index (χ2v) is 5.82. The first-order valence-electron chi connectivity index (χ1n) is 7.64. The van der Waals surface area contributed by atoms with Crippen LogP contribution in [0.1, 0.15) is 16.7 Å². The van der Waals surface area contributed by atoms with E-state index in [9.17, 15) is 19.5 Å². The molecule has 6 heteroatoms. The summed E-state index contributed by atoms with van der Waals surface area (Å²) in [6, 6.07) is 10.5. The van der Waals surface area contributed by atoms with Gasteiger partial charge < -0.3 is 5.11 Å². The van der Waals surface area contributed by atoms with Gasteiger partial charge in [0.1, 0.15) is 11.3 Å². The highest BCUT2D eigenvalue weighted by molar-refractivity contribution is 6.39. The highest BCUT2D eigenvalue weighted by Gasteiger charge is 2.36. The van der Waals surface area contributed by atoms with Crippen molar-refractivity contribution in [2.45, 2.75) is 13.8 Å². The predicted molar refractivity (Wildman–Crippen MR) is 93.0 cm³/mol. The van der Waals surface area contributed by atoms with Gasteiger partial charge in [0.2, 0.25) is 0 Å². The number of rotatable bonds is 2. The molecule has 2 N–H and O–H groups in total. The molecule has 0 saturated carbocycles. The molecule has 3 rings (SSSR count). The van der Waals surface area contributed by atoms with E-state index in [2.05, 4.69) is 5.32 Å². The average molecular weight is 336 g/mol. The molecule has 1 saturated heterocycles. The van der Waals surface area contributed by atoms with Crippen LogP contribution in [0, 0.1) is 13.8 Å². The van der Waals surface area contributed by atoms with Gasteiger partial charge in [0.15, 0.2) is 0 Å². The van der Waals surface area contributed by atoms with Gasteiger partial charge in [-0.05, 0) is 60.9 Å². The molecule has 1 aliphatic heterocycles. The summed E-state index contributed by atoms with van der Waals surface area (Å²) in [5.41, 5.74) is 2.64. The minimum atomic E-state index is -0.786. The number of imide groups is 2. The number of hydrogen-bond donors (Lipinski definition) is 2. The maximum Gasteiger partial charge on any atom is 0.335 e. The number of amides is 4. The lowest BCUT2D eigenvalue weighted by Gasteiger charge is -2.26. The normalized spacial score (nSPS) is 16.3. The van der Waals surface area contributed by atoms with Crippen molar-refractivity contribution in [2.24, 2.45) is 0 Å². The van der Waals surface area contributed by atoms with E-state index in [1.807, 2.05) is 13.8 Å². The second-order valence-electron chi connectivity index (χ2n) is 5.82.